The van der Waals surface area contributed by atoms with E-state index >= 15 is 0 Å². The Morgan fingerprint density at radius 2 is 1.85 bits per heavy atom. The lowest BCUT2D eigenvalue weighted by molar-refractivity contribution is 0.264. The Morgan fingerprint density at radius 1 is 1.15 bits per heavy atom. The summed E-state index contributed by atoms with van der Waals surface area (Å²) in [6.45, 7) is 0.0541. The molecule has 0 saturated carbocycles. The first-order chi connectivity index (χ1) is 9.60. The molecule has 20 heavy (non-hydrogen) atoms. The highest BCUT2D eigenvalue weighted by Gasteiger charge is 2.16. The van der Waals surface area contributed by atoms with E-state index < -0.39 is 17.7 Å². The number of ether oxygens (including phenoxy) is 1. The van der Waals surface area contributed by atoms with E-state index in [-0.39, 0.29) is 12.2 Å². The van der Waals surface area contributed by atoms with Crippen molar-refractivity contribution in [3.63, 3.8) is 0 Å². The highest BCUT2D eigenvalue weighted by atomic mass is 35.5. The number of hydrogen-bond donors (Lipinski definition) is 2. The zero-order valence-electron chi connectivity index (χ0n) is 10.4. The fourth-order valence-corrected chi connectivity index (χ4v) is 1.85. The van der Waals surface area contributed by atoms with E-state index in [2.05, 4.69) is 5.43 Å². The number of rotatable bonds is 5. The Hall–Kier alpha value is -1.69. The topological polar surface area (TPSA) is 47.3 Å². The largest absolute Gasteiger partial charge is 0.492 e. The number of hydrogen-bond acceptors (Lipinski definition) is 3. The fraction of sp³-hybridized carbons (Fsp3) is 0.143. The fourth-order valence-electron chi connectivity index (χ4n) is 1.72. The first-order valence-electron chi connectivity index (χ1n) is 5.89. The highest BCUT2D eigenvalue weighted by molar-refractivity contribution is 6.30. The molecule has 3 N–H and O–H groups in total. The molecule has 0 heterocycles. The van der Waals surface area contributed by atoms with Crippen LogP contribution in [0, 0.1) is 11.6 Å². The van der Waals surface area contributed by atoms with Crippen LogP contribution in [0.4, 0.5) is 8.78 Å². The summed E-state index contributed by atoms with van der Waals surface area (Å²) in [5.74, 6) is 4.85. The summed E-state index contributed by atoms with van der Waals surface area (Å²) in [5, 5.41) is 0.585. The molecule has 0 saturated heterocycles. The lowest BCUT2D eigenvalue weighted by atomic mass is 10.1. The molecule has 0 amide bonds. The lowest BCUT2D eigenvalue weighted by Crippen LogP contribution is -2.33. The van der Waals surface area contributed by atoms with Crippen molar-refractivity contribution in [2.24, 2.45) is 5.84 Å². The summed E-state index contributed by atoms with van der Waals surface area (Å²) in [6, 6.07) is 9.22. The van der Waals surface area contributed by atoms with Crippen molar-refractivity contribution in [3.05, 3.63) is 64.7 Å². The smallest absolute Gasteiger partial charge is 0.128 e. The molecular formula is C14H13ClF2N2O. The second-order valence-corrected chi connectivity index (χ2v) is 4.59. The summed E-state index contributed by atoms with van der Waals surface area (Å²) in [5.41, 5.74) is 2.52. The minimum Gasteiger partial charge on any atom is -0.492 e. The molecule has 6 heteroatoms. The molecule has 0 spiro atoms. The number of nitrogens with two attached hydrogens (primary N) is 1. The van der Waals surface area contributed by atoms with Gasteiger partial charge in [-0.2, -0.15) is 0 Å². The molecular weight excluding hydrogens is 286 g/mol. The van der Waals surface area contributed by atoms with Crippen molar-refractivity contribution in [1.82, 2.24) is 5.43 Å². The van der Waals surface area contributed by atoms with Crippen molar-refractivity contribution in [1.29, 1.82) is 0 Å². The lowest BCUT2D eigenvalue weighted by Gasteiger charge is -2.18. The van der Waals surface area contributed by atoms with Crippen molar-refractivity contribution in [3.8, 4) is 5.75 Å². The number of nitrogens with one attached hydrogen (secondary N) is 1. The first kappa shape index (κ1) is 14.7. The van der Waals surface area contributed by atoms with Gasteiger partial charge in [0.15, 0.2) is 0 Å². The van der Waals surface area contributed by atoms with Gasteiger partial charge in [-0.1, -0.05) is 11.6 Å². The second-order valence-electron chi connectivity index (χ2n) is 4.15. The van der Waals surface area contributed by atoms with Crippen LogP contribution in [0.1, 0.15) is 11.6 Å². The molecule has 2 rings (SSSR count). The second kappa shape index (κ2) is 6.65. The molecule has 2 aromatic carbocycles. The average Bonchev–Trinajstić information content (AvgIpc) is 2.45. The Kier molecular flexibility index (Phi) is 4.89. The molecule has 0 aliphatic carbocycles. The minimum absolute atomic E-state index is 0.0541. The number of benzene rings is 2. The standard InChI is InChI=1S/C14H13ClF2N2O/c15-9-1-4-11(5-2-9)20-8-14(19-18)12-7-10(16)3-6-13(12)17/h1-7,14,19H,8,18H2. The first-order valence-corrected chi connectivity index (χ1v) is 6.27. The van der Waals surface area contributed by atoms with Gasteiger partial charge in [0.25, 0.3) is 0 Å². The van der Waals surface area contributed by atoms with Crippen LogP contribution in [0.15, 0.2) is 42.5 Å². The van der Waals surface area contributed by atoms with Crippen molar-refractivity contribution < 1.29 is 13.5 Å². The molecule has 1 unspecified atom stereocenters. The summed E-state index contributed by atoms with van der Waals surface area (Å²) in [7, 11) is 0. The Bertz CT molecular complexity index is 578. The molecule has 0 aromatic heterocycles. The molecule has 1 atom stereocenters. The van der Waals surface area contributed by atoms with Gasteiger partial charge >= 0.3 is 0 Å². The molecule has 0 bridgehead atoms. The highest BCUT2D eigenvalue weighted by Crippen LogP contribution is 2.21. The van der Waals surface area contributed by atoms with E-state index in [1.54, 1.807) is 24.3 Å². The molecule has 3 nitrogen and oxygen atoms in total. The van der Waals surface area contributed by atoms with E-state index in [1.807, 2.05) is 0 Å². The third-order valence-corrected chi connectivity index (χ3v) is 3.02. The maximum Gasteiger partial charge on any atom is 0.128 e. The van der Waals surface area contributed by atoms with Gasteiger partial charge in [-0.05, 0) is 42.5 Å². The van der Waals surface area contributed by atoms with Crippen LogP contribution in [0.2, 0.25) is 5.02 Å². The Balaban J connectivity index is 2.09. The summed E-state index contributed by atoms with van der Waals surface area (Å²) >= 11 is 5.76. The summed E-state index contributed by atoms with van der Waals surface area (Å²) in [4.78, 5) is 0. The number of halogens is 3. The molecule has 0 aliphatic heterocycles. The van der Waals surface area contributed by atoms with Crippen LogP contribution in [0.3, 0.4) is 0 Å². The van der Waals surface area contributed by atoms with Gasteiger partial charge in [0.05, 0.1) is 6.04 Å². The minimum atomic E-state index is -0.665. The number of hydrazine groups is 1. The van der Waals surface area contributed by atoms with Gasteiger partial charge < -0.3 is 4.74 Å². The van der Waals surface area contributed by atoms with Crippen LogP contribution in [0.5, 0.6) is 5.75 Å². The predicted molar refractivity (Wildman–Crippen MR) is 73.4 cm³/mol. The molecule has 0 fully saturated rings. The molecule has 2 aromatic rings. The Labute approximate surface area is 120 Å². The monoisotopic (exact) mass is 298 g/mol. The zero-order valence-corrected chi connectivity index (χ0v) is 11.2. The van der Waals surface area contributed by atoms with Crippen molar-refractivity contribution in [2.75, 3.05) is 6.61 Å². The average molecular weight is 299 g/mol. The molecule has 0 aliphatic rings. The van der Waals surface area contributed by atoms with Crippen molar-refractivity contribution in [2.45, 2.75) is 6.04 Å². The predicted octanol–water partition coefficient (Wildman–Crippen LogP) is 3.20. The van der Waals surface area contributed by atoms with Gasteiger partial charge in [-0.25, -0.2) is 14.2 Å². The third kappa shape index (κ3) is 3.66. The van der Waals surface area contributed by atoms with Crippen molar-refractivity contribution >= 4 is 11.6 Å². The van der Waals surface area contributed by atoms with E-state index in [9.17, 15) is 8.78 Å². The van der Waals surface area contributed by atoms with Crippen LogP contribution >= 0.6 is 11.6 Å². The van der Waals surface area contributed by atoms with E-state index in [4.69, 9.17) is 22.2 Å². The SMILES string of the molecule is NNC(COc1ccc(Cl)cc1)c1cc(F)ccc1F. The van der Waals surface area contributed by atoms with E-state index in [1.165, 1.54) is 0 Å². The molecule has 0 radical (unpaired) electrons. The van der Waals surface area contributed by atoms with Gasteiger partial charge in [0.2, 0.25) is 0 Å². The molecule has 106 valence electrons. The van der Waals surface area contributed by atoms with Gasteiger partial charge in [-0.3, -0.25) is 5.84 Å². The summed E-state index contributed by atoms with van der Waals surface area (Å²) < 4.78 is 32.3. The van der Waals surface area contributed by atoms with Crippen LogP contribution in [-0.4, -0.2) is 6.61 Å². The van der Waals surface area contributed by atoms with Crippen LogP contribution in [-0.2, 0) is 0 Å². The maximum absolute atomic E-state index is 13.7. The summed E-state index contributed by atoms with van der Waals surface area (Å²) in [6.07, 6.45) is 0. The van der Waals surface area contributed by atoms with E-state index in [0.717, 1.165) is 18.2 Å². The Morgan fingerprint density at radius 3 is 2.50 bits per heavy atom. The van der Waals surface area contributed by atoms with Gasteiger partial charge in [0, 0.05) is 10.6 Å². The van der Waals surface area contributed by atoms with E-state index in [0.29, 0.717) is 10.8 Å². The van der Waals surface area contributed by atoms with Gasteiger partial charge in [-0.15, -0.1) is 0 Å². The quantitative estimate of drug-likeness (QED) is 0.658. The zero-order chi connectivity index (χ0) is 14.5. The maximum atomic E-state index is 13.7. The van der Waals surface area contributed by atoms with Crippen LogP contribution in [0.25, 0.3) is 0 Å². The van der Waals surface area contributed by atoms with Crippen LogP contribution < -0.4 is 16.0 Å². The van der Waals surface area contributed by atoms with Gasteiger partial charge in [0.1, 0.15) is 24.0 Å². The normalized spacial score (nSPS) is 12.2. The third-order valence-electron chi connectivity index (χ3n) is 2.76.